The summed E-state index contributed by atoms with van der Waals surface area (Å²) in [7, 11) is 0. The first-order valence-corrected chi connectivity index (χ1v) is 5.10. The quantitative estimate of drug-likeness (QED) is 0.703. The molecule has 1 aromatic rings. The van der Waals surface area contributed by atoms with Crippen LogP contribution in [0.3, 0.4) is 0 Å². The van der Waals surface area contributed by atoms with Crippen LogP contribution in [0.5, 0.6) is 0 Å². The zero-order valence-electron chi connectivity index (χ0n) is 8.11. The van der Waals surface area contributed by atoms with Gasteiger partial charge in [0.05, 0.1) is 12.1 Å². The minimum absolute atomic E-state index is 0.139. The van der Waals surface area contributed by atoms with Gasteiger partial charge in [-0.1, -0.05) is 12.8 Å². The molecule has 1 fully saturated rings. The Morgan fingerprint density at radius 3 is 2.77 bits per heavy atom. The van der Waals surface area contributed by atoms with Gasteiger partial charge in [0.1, 0.15) is 0 Å². The van der Waals surface area contributed by atoms with Gasteiger partial charge in [0.15, 0.2) is 0 Å². The summed E-state index contributed by atoms with van der Waals surface area (Å²) in [5, 5.41) is 9.84. The standard InChI is InChI=1S/C11H17NO/c1-9-5-4-8-12(9)10-6-2-3-7-11(10)13/h4-5,8,10-11,13H,2-3,6-7H2,1H3/t10?,11-/m1/s1. The summed E-state index contributed by atoms with van der Waals surface area (Å²) in [6.45, 7) is 2.10. The Morgan fingerprint density at radius 2 is 2.15 bits per heavy atom. The molecule has 1 heterocycles. The Hall–Kier alpha value is -0.760. The van der Waals surface area contributed by atoms with E-state index in [1.165, 1.54) is 18.5 Å². The molecule has 1 saturated carbocycles. The molecule has 0 radical (unpaired) electrons. The Morgan fingerprint density at radius 1 is 1.38 bits per heavy atom. The number of aromatic nitrogens is 1. The third-order valence-corrected chi connectivity index (χ3v) is 3.04. The second-order valence-corrected chi connectivity index (χ2v) is 3.98. The molecule has 0 spiro atoms. The summed E-state index contributed by atoms with van der Waals surface area (Å²) >= 11 is 0. The number of aliphatic hydroxyl groups is 1. The van der Waals surface area contributed by atoms with E-state index >= 15 is 0 Å². The topological polar surface area (TPSA) is 25.2 Å². The van der Waals surface area contributed by atoms with Crippen molar-refractivity contribution in [2.45, 2.75) is 44.8 Å². The van der Waals surface area contributed by atoms with Gasteiger partial charge in [0.25, 0.3) is 0 Å². The second kappa shape index (κ2) is 3.54. The number of hydrogen-bond acceptors (Lipinski definition) is 1. The highest BCUT2D eigenvalue weighted by molar-refractivity contribution is 5.07. The van der Waals surface area contributed by atoms with Crippen LogP contribution in [-0.2, 0) is 0 Å². The fraction of sp³-hybridized carbons (Fsp3) is 0.636. The van der Waals surface area contributed by atoms with E-state index in [4.69, 9.17) is 0 Å². The van der Waals surface area contributed by atoms with E-state index in [9.17, 15) is 5.11 Å². The van der Waals surface area contributed by atoms with Gasteiger partial charge in [-0.15, -0.1) is 0 Å². The first-order chi connectivity index (χ1) is 6.29. The summed E-state index contributed by atoms with van der Waals surface area (Å²) in [6, 6.07) is 4.47. The predicted molar refractivity (Wildman–Crippen MR) is 52.7 cm³/mol. The Kier molecular flexibility index (Phi) is 2.40. The molecule has 0 amide bonds. The SMILES string of the molecule is Cc1cccn1C1CCCC[C@H]1O. The maximum Gasteiger partial charge on any atom is 0.0747 e. The number of aliphatic hydroxyl groups excluding tert-OH is 1. The van der Waals surface area contributed by atoms with Gasteiger partial charge in [-0.3, -0.25) is 0 Å². The van der Waals surface area contributed by atoms with E-state index in [-0.39, 0.29) is 6.10 Å². The number of hydrogen-bond donors (Lipinski definition) is 1. The van der Waals surface area contributed by atoms with Crippen molar-refractivity contribution < 1.29 is 5.11 Å². The summed E-state index contributed by atoms with van der Waals surface area (Å²) in [5.74, 6) is 0. The molecule has 2 nitrogen and oxygen atoms in total. The van der Waals surface area contributed by atoms with Crippen LogP contribution in [0.2, 0.25) is 0 Å². The van der Waals surface area contributed by atoms with Crippen molar-refractivity contribution in [2.75, 3.05) is 0 Å². The van der Waals surface area contributed by atoms with Crippen molar-refractivity contribution in [2.24, 2.45) is 0 Å². The van der Waals surface area contributed by atoms with Gasteiger partial charge in [-0.25, -0.2) is 0 Å². The fourth-order valence-corrected chi connectivity index (χ4v) is 2.27. The molecule has 1 aliphatic carbocycles. The molecule has 0 bridgehead atoms. The van der Waals surface area contributed by atoms with Gasteiger partial charge in [0, 0.05) is 11.9 Å². The van der Waals surface area contributed by atoms with Crippen LogP contribution in [0.25, 0.3) is 0 Å². The maximum atomic E-state index is 9.84. The zero-order valence-corrected chi connectivity index (χ0v) is 8.11. The Balaban J connectivity index is 2.19. The fourth-order valence-electron chi connectivity index (χ4n) is 2.27. The normalized spacial score (nSPS) is 29.1. The molecule has 1 unspecified atom stereocenters. The minimum Gasteiger partial charge on any atom is -0.391 e. The van der Waals surface area contributed by atoms with Crippen LogP contribution in [-0.4, -0.2) is 15.8 Å². The number of aryl methyl sites for hydroxylation is 1. The maximum absolute atomic E-state index is 9.84. The average Bonchev–Trinajstić information content (AvgIpc) is 2.52. The molecule has 13 heavy (non-hydrogen) atoms. The lowest BCUT2D eigenvalue weighted by Gasteiger charge is -2.30. The molecule has 1 aromatic heterocycles. The molecule has 0 aromatic carbocycles. The number of rotatable bonds is 1. The van der Waals surface area contributed by atoms with Crippen molar-refractivity contribution in [3.8, 4) is 0 Å². The van der Waals surface area contributed by atoms with E-state index in [0.717, 1.165) is 12.8 Å². The molecule has 2 heteroatoms. The van der Waals surface area contributed by atoms with Gasteiger partial charge in [-0.05, 0) is 31.9 Å². The van der Waals surface area contributed by atoms with Crippen LogP contribution in [0, 0.1) is 6.92 Å². The van der Waals surface area contributed by atoms with E-state index in [1.807, 2.05) is 0 Å². The smallest absolute Gasteiger partial charge is 0.0747 e. The lowest BCUT2D eigenvalue weighted by Crippen LogP contribution is -2.27. The number of nitrogens with zero attached hydrogens (tertiary/aromatic N) is 1. The molecular formula is C11H17NO. The summed E-state index contributed by atoms with van der Waals surface area (Å²) in [5.41, 5.74) is 1.26. The van der Waals surface area contributed by atoms with Gasteiger partial charge in [0.2, 0.25) is 0 Å². The molecule has 0 aliphatic heterocycles. The van der Waals surface area contributed by atoms with Crippen LogP contribution in [0.15, 0.2) is 18.3 Å². The van der Waals surface area contributed by atoms with Crippen molar-refractivity contribution in [3.63, 3.8) is 0 Å². The van der Waals surface area contributed by atoms with Crippen molar-refractivity contribution in [1.82, 2.24) is 4.57 Å². The predicted octanol–water partition coefficient (Wildman–Crippen LogP) is 2.27. The lowest BCUT2D eigenvalue weighted by atomic mass is 9.92. The molecule has 0 saturated heterocycles. The van der Waals surface area contributed by atoms with E-state index < -0.39 is 0 Å². The van der Waals surface area contributed by atoms with E-state index in [1.54, 1.807) is 0 Å². The molecule has 1 N–H and O–H groups in total. The van der Waals surface area contributed by atoms with E-state index in [0.29, 0.717) is 6.04 Å². The average molecular weight is 179 g/mol. The zero-order chi connectivity index (χ0) is 9.26. The Bertz CT molecular complexity index is 279. The second-order valence-electron chi connectivity index (χ2n) is 3.98. The molecule has 2 atom stereocenters. The van der Waals surface area contributed by atoms with Crippen molar-refractivity contribution in [1.29, 1.82) is 0 Å². The highest BCUT2D eigenvalue weighted by atomic mass is 16.3. The summed E-state index contributed by atoms with van der Waals surface area (Å²) in [6.07, 6.45) is 6.45. The first-order valence-electron chi connectivity index (χ1n) is 5.10. The molecular weight excluding hydrogens is 162 g/mol. The van der Waals surface area contributed by atoms with Crippen molar-refractivity contribution >= 4 is 0 Å². The van der Waals surface area contributed by atoms with Crippen molar-refractivity contribution in [3.05, 3.63) is 24.0 Å². The highest BCUT2D eigenvalue weighted by Gasteiger charge is 2.24. The third-order valence-electron chi connectivity index (χ3n) is 3.04. The summed E-state index contributed by atoms with van der Waals surface area (Å²) in [4.78, 5) is 0. The molecule has 2 rings (SSSR count). The minimum atomic E-state index is -0.139. The van der Waals surface area contributed by atoms with Gasteiger partial charge in [-0.2, -0.15) is 0 Å². The molecule has 72 valence electrons. The monoisotopic (exact) mass is 179 g/mol. The summed E-state index contributed by atoms with van der Waals surface area (Å²) < 4.78 is 2.21. The van der Waals surface area contributed by atoms with Crippen LogP contribution in [0.1, 0.15) is 37.4 Å². The van der Waals surface area contributed by atoms with Gasteiger partial charge < -0.3 is 9.67 Å². The third kappa shape index (κ3) is 1.63. The Labute approximate surface area is 79.2 Å². The first kappa shape index (κ1) is 8.82. The van der Waals surface area contributed by atoms with Crippen LogP contribution in [0.4, 0.5) is 0 Å². The van der Waals surface area contributed by atoms with Crippen LogP contribution < -0.4 is 0 Å². The largest absolute Gasteiger partial charge is 0.391 e. The molecule has 1 aliphatic rings. The lowest BCUT2D eigenvalue weighted by molar-refractivity contribution is 0.0748. The highest BCUT2D eigenvalue weighted by Crippen LogP contribution is 2.29. The van der Waals surface area contributed by atoms with Crippen LogP contribution >= 0.6 is 0 Å². The van der Waals surface area contributed by atoms with Gasteiger partial charge >= 0.3 is 0 Å². The van der Waals surface area contributed by atoms with E-state index in [2.05, 4.69) is 29.8 Å².